The number of piperazine rings is 1. The maximum absolute atomic E-state index is 12.5. The summed E-state index contributed by atoms with van der Waals surface area (Å²) in [5, 5.41) is 0. The van der Waals surface area contributed by atoms with Gasteiger partial charge in [-0.1, -0.05) is 18.2 Å². The molecule has 1 aliphatic rings. The summed E-state index contributed by atoms with van der Waals surface area (Å²) in [4.78, 5) is 16.6. The molecule has 0 spiro atoms. The van der Waals surface area contributed by atoms with Crippen LogP contribution in [0.3, 0.4) is 0 Å². The number of para-hydroxylation sites is 1. The van der Waals surface area contributed by atoms with Gasteiger partial charge in [-0.05, 0) is 36.4 Å². The van der Waals surface area contributed by atoms with Gasteiger partial charge in [0.15, 0.2) is 0 Å². The molecule has 3 rings (SSSR count). The number of ether oxygens (including phenoxy) is 2. The van der Waals surface area contributed by atoms with Crippen molar-refractivity contribution in [1.82, 2.24) is 9.80 Å². The average molecular weight is 376 g/mol. The Morgan fingerprint density at radius 1 is 0.926 bits per heavy atom. The minimum Gasteiger partial charge on any atom is -0.492 e. The molecule has 0 unspecified atom stereocenters. The van der Waals surface area contributed by atoms with Crippen LogP contribution in [-0.2, 0) is 0 Å². The molecule has 0 radical (unpaired) electrons. The van der Waals surface area contributed by atoms with E-state index < -0.39 is 6.61 Å². The van der Waals surface area contributed by atoms with Gasteiger partial charge in [0.25, 0.3) is 5.91 Å². The molecule has 1 amide bonds. The third-order valence-corrected chi connectivity index (χ3v) is 4.41. The number of carbonyl (C=O) groups excluding carboxylic acids is 1. The van der Waals surface area contributed by atoms with Gasteiger partial charge in [-0.2, -0.15) is 8.78 Å². The number of hydrogen-bond donors (Lipinski definition) is 0. The van der Waals surface area contributed by atoms with Gasteiger partial charge < -0.3 is 14.4 Å². The summed E-state index contributed by atoms with van der Waals surface area (Å²) < 4.78 is 34.4. The standard InChI is InChI=1S/C20H22F2N2O3/c21-20(22)27-18-8-6-16(7-9-18)19(25)24-12-10-23(11-13-24)14-15-26-17-4-2-1-3-5-17/h1-9,20H,10-15H2. The van der Waals surface area contributed by atoms with E-state index >= 15 is 0 Å². The highest BCUT2D eigenvalue weighted by Crippen LogP contribution is 2.17. The predicted octanol–water partition coefficient (Wildman–Crippen LogP) is 3.12. The first-order valence-electron chi connectivity index (χ1n) is 8.86. The molecule has 2 aromatic rings. The van der Waals surface area contributed by atoms with Crippen molar-refractivity contribution in [3.63, 3.8) is 0 Å². The number of benzene rings is 2. The molecule has 5 nitrogen and oxygen atoms in total. The third kappa shape index (κ3) is 5.65. The van der Waals surface area contributed by atoms with Crippen LogP contribution in [0.4, 0.5) is 8.78 Å². The van der Waals surface area contributed by atoms with E-state index in [-0.39, 0.29) is 11.7 Å². The van der Waals surface area contributed by atoms with Crippen molar-refractivity contribution in [1.29, 1.82) is 0 Å². The molecule has 0 aromatic heterocycles. The SMILES string of the molecule is O=C(c1ccc(OC(F)F)cc1)N1CCN(CCOc2ccccc2)CC1. The minimum atomic E-state index is -2.87. The van der Waals surface area contributed by atoms with Crippen LogP contribution in [0.5, 0.6) is 11.5 Å². The van der Waals surface area contributed by atoms with Crippen LogP contribution in [0.15, 0.2) is 54.6 Å². The van der Waals surface area contributed by atoms with E-state index in [0.717, 1.165) is 25.4 Å². The van der Waals surface area contributed by atoms with E-state index in [1.54, 1.807) is 4.90 Å². The highest BCUT2D eigenvalue weighted by atomic mass is 19.3. The molecule has 1 fully saturated rings. The van der Waals surface area contributed by atoms with Gasteiger partial charge >= 0.3 is 6.61 Å². The van der Waals surface area contributed by atoms with Crippen molar-refractivity contribution in [3.8, 4) is 11.5 Å². The highest BCUT2D eigenvalue weighted by Gasteiger charge is 2.22. The molecular weight excluding hydrogens is 354 g/mol. The molecule has 1 heterocycles. The lowest BCUT2D eigenvalue weighted by molar-refractivity contribution is -0.0498. The molecule has 0 N–H and O–H groups in total. The molecule has 2 aromatic carbocycles. The summed E-state index contributed by atoms with van der Waals surface area (Å²) in [5.41, 5.74) is 0.470. The van der Waals surface area contributed by atoms with E-state index in [0.29, 0.717) is 25.3 Å². The van der Waals surface area contributed by atoms with Crippen LogP contribution in [0.25, 0.3) is 0 Å². The van der Waals surface area contributed by atoms with Crippen LogP contribution in [0.1, 0.15) is 10.4 Å². The summed E-state index contributed by atoms with van der Waals surface area (Å²) in [5.74, 6) is 0.800. The van der Waals surface area contributed by atoms with Crippen molar-refractivity contribution in [2.24, 2.45) is 0 Å². The van der Waals surface area contributed by atoms with Crippen LogP contribution < -0.4 is 9.47 Å². The number of amides is 1. The Morgan fingerprint density at radius 3 is 2.22 bits per heavy atom. The maximum Gasteiger partial charge on any atom is 0.387 e. The number of rotatable bonds is 7. The quantitative estimate of drug-likeness (QED) is 0.745. The number of carbonyl (C=O) groups is 1. The Bertz CT molecular complexity index is 718. The molecule has 27 heavy (non-hydrogen) atoms. The Kier molecular flexibility index (Phi) is 6.59. The van der Waals surface area contributed by atoms with Gasteiger partial charge in [-0.25, -0.2) is 0 Å². The van der Waals surface area contributed by atoms with Gasteiger partial charge in [0, 0.05) is 38.3 Å². The Morgan fingerprint density at radius 2 is 1.59 bits per heavy atom. The normalized spacial score (nSPS) is 15.0. The highest BCUT2D eigenvalue weighted by molar-refractivity contribution is 5.94. The van der Waals surface area contributed by atoms with E-state index in [2.05, 4.69) is 9.64 Å². The van der Waals surface area contributed by atoms with Gasteiger partial charge in [-0.15, -0.1) is 0 Å². The molecule has 144 valence electrons. The van der Waals surface area contributed by atoms with Gasteiger partial charge in [0.1, 0.15) is 18.1 Å². The van der Waals surface area contributed by atoms with E-state index in [1.807, 2.05) is 30.3 Å². The zero-order valence-electron chi connectivity index (χ0n) is 14.9. The summed E-state index contributed by atoms with van der Waals surface area (Å²) in [6.45, 7) is 1.33. The van der Waals surface area contributed by atoms with Crippen LogP contribution >= 0.6 is 0 Å². The molecule has 0 atom stereocenters. The summed E-state index contributed by atoms with van der Waals surface area (Å²) in [6, 6.07) is 15.5. The second kappa shape index (κ2) is 9.32. The molecule has 0 saturated carbocycles. The summed E-state index contributed by atoms with van der Waals surface area (Å²) >= 11 is 0. The number of alkyl halides is 2. The second-order valence-electron chi connectivity index (χ2n) is 6.20. The van der Waals surface area contributed by atoms with Gasteiger partial charge in [0.05, 0.1) is 0 Å². The molecule has 0 bridgehead atoms. The second-order valence-corrected chi connectivity index (χ2v) is 6.20. The van der Waals surface area contributed by atoms with Crippen molar-refractivity contribution in [2.75, 3.05) is 39.3 Å². The first-order chi connectivity index (χ1) is 13.1. The Labute approximate surface area is 157 Å². The lowest BCUT2D eigenvalue weighted by Crippen LogP contribution is -2.49. The van der Waals surface area contributed by atoms with Crippen molar-refractivity contribution >= 4 is 5.91 Å². The van der Waals surface area contributed by atoms with Crippen LogP contribution in [0.2, 0.25) is 0 Å². The topological polar surface area (TPSA) is 42.0 Å². The lowest BCUT2D eigenvalue weighted by Gasteiger charge is -2.34. The lowest BCUT2D eigenvalue weighted by atomic mass is 10.1. The first kappa shape index (κ1) is 19.1. The number of nitrogens with zero attached hydrogens (tertiary/aromatic N) is 2. The van der Waals surface area contributed by atoms with Gasteiger partial charge in [0.2, 0.25) is 0 Å². The van der Waals surface area contributed by atoms with E-state index in [9.17, 15) is 13.6 Å². The largest absolute Gasteiger partial charge is 0.492 e. The number of halogens is 2. The van der Waals surface area contributed by atoms with Crippen LogP contribution in [0, 0.1) is 0 Å². The third-order valence-electron chi connectivity index (χ3n) is 4.41. The first-order valence-corrected chi connectivity index (χ1v) is 8.86. The fourth-order valence-electron chi connectivity index (χ4n) is 2.95. The average Bonchev–Trinajstić information content (AvgIpc) is 2.69. The predicted molar refractivity (Wildman–Crippen MR) is 97.4 cm³/mol. The monoisotopic (exact) mass is 376 g/mol. The number of hydrogen-bond acceptors (Lipinski definition) is 4. The van der Waals surface area contributed by atoms with Gasteiger partial charge in [-0.3, -0.25) is 9.69 Å². The van der Waals surface area contributed by atoms with Crippen molar-refractivity contribution in [3.05, 3.63) is 60.2 Å². The molecule has 1 saturated heterocycles. The van der Waals surface area contributed by atoms with Crippen LogP contribution in [-0.4, -0.2) is 61.6 Å². The Balaban J connectivity index is 1.42. The van der Waals surface area contributed by atoms with E-state index in [4.69, 9.17) is 4.74 Å². The maximum atomic E-state index is 12.5. The van der Waals surface area contributed by atoms with E-state index in [1.165, 1.54) is 24.3 Å². The zero-order valence-corrected chi connectivity index (χ0v) is 14.9. The summed E-state index contributed by atoms with van der Waals surface area (Å²) in [6.07, 6.45) is 0. The molecule has 7 heteroatoms. The smallest absolute Gasteiger partial charge is 0.387 e. The Hall–Kier alpha value is -2.67. The zero-order chi connectivity index (χ0) is 19.1. The molecule has 1 aliphatic heterocycles. The summed E-state index contributed by atoms with van der Waals surface area (Å²) in [7, 11) is 0. The molecule has 0 aliphatic carbocycles. The van der Waals surface area contributed by atoms with Crippen molar-refractivity contribution < 1.29 is 23.0 Å². The fraction of sp³-hybridized carbons (Fsp3) is 0.350. The minimum absolute atomic E-state index is 0.0461. The molecular formula is C20H22F2N2O3. The van der Waals surface area contributed by atoms with Crippen molar-refractivity contribution in [2.45, 2.75) is 6.61 Å². The fourth-order valence-corrected chi connectivity index (χ4v) is 2.95.